The van der Waals surface area contributed by atoms with E-state index in [0.717, 1.165) is 16.2 Å². The molecule has 0 aliphatic carbocycles. The maximum Gasteiger partial charge on any atom is 0.166 e. The molecule has 4 nitrogen and oxygen atoms in total. The van der Waals surface area contributed by atoms with Gasteiger partial charge in [-0.2, -0.15) is 5.26 Å². The highest BCUT2D eigenvalue weighted by Gasteiger charge is 2.12. The second-order valence-electron chi connectivity index (χ2n) is 3.59. The summed E-state index contributed by atoms with van der Waals surface area (Å²) in [5, 5.41) is 11.0. The molecule has 0 spiro atoms. The zero-order chi connectivity index (χ0) is 11.8. The molecule has 2 N–H and O–H groups in total. The lowest BCUT2D eigenvalue weighted by Gasteiger charge is -1.99. The van der Waals surface area contributed by atoms with Gasteiger partial charge >= 0.3 is 0 Å². The third-order valence-corrected chi connectivity index (χ3v) is 3.37. The van der Waals surface area contributed by atoms with E-state index in [2.05, 4.69) is 11.1 Å². The van der Waals surface area contributed by atoms with E-state index in [1.807, 2.05) is 28.0 Å². The molecule has 17 heavy (non-hydrogen) atoms. The highest BCUT2D eigenvalue weighted by molar-refractivity contribution is 7.13. The van der Waals surface area contributed by atoms with Gasteiger partial charge in [-0.05, 0) is 23.6 Å². The molecule has 0 aromatic carbocycles. The van der Waals surface area contributed by atoms with Gasteiger partial charge in [-0.3, -0.25) is 4.40 Å². The molecule has 5 heteroatoms. The molecule has 0 aliphatic heterocycles. The van der Waals surface area contributed by atoms with Crippen LogP contribution in [0.5, 0.6) is 0 Å². The number of nitrogens with zero attached hydrogens (tertiary/aromatic N) is 3. The number of nitriles is 1. The highest BCUT2D eigenvalue weighted by Crippen LogP contribution is 2.27. The Morgan fingerprint density at radius 2 is 2.24 bits per heavy atom. The zero-order valence-electron chi connectivity index (χ0n) is 8.79. The van der Waals surface area contributed by atoms with Gasteiger partial charge in [0.25, 0.3) is 0 Å². The molecule has 0 atom stereocenters. The summed E-state index contributed by atoms with van der Waals surface area (Å²) in [6, 6.07) is 9.63. The highest BCUT2D eigenvalue weighted by atomic mass is 32.1. The van der Waals surface area contributed by atoms with Crippen LogP contribution in [-0.2, 0) is 0 Å². The van der Waals surface area contributed by atoms with Crippen LogP contribution < -0.4 is 5.73 Å². The number of hydrogen-bond donors (Lipinski definition) is 1. The first-order valence-corrected chi connectivity index (χ1v) is 5.89. The van der Waals surface area contributed by atoms with Gasteiger partial charge in [0.1, 0.15) is 6.07 Å². The third-order valence-electron chi connectivity index (χ3n) is 2.51. The third kappa shape index (κ3) is 1.47. The van der Waals surface area contributed by atoms with E-state index in [9.17, 15) is 0 Å². The van der Waals surface area contributed by atoms with Crippen molar-refractivity contribution in [1.29, 1.82) is 5.26 Å². The van der Waals surface area contributed by atoms with Crippen molar-refractivity contribution in [3.63, 3.8) is 0 Å². The van der Waals surface area contributed by atoms with Crippen LogP contribution in [0.4, 0.5) is 5.69 Å². The van der Waals surface area contributed by atoms with Crippen molar-refractivity contribution in [3.05, 3.63) is 41.5 Å². The lowest BCUT2D eigenvalue weighted by Crippen LogP contribution is -1.91. The molecule has 3 rings (SSSR count). The van der Waals surface area contributed by atoms with Gasteiger partial charge in [-0.15, -0.1) is 11.3 Å². The average molecular weight is 240 g/mol. The first kappa shape index (κ1) is 9.87. The van der Waals surface area contributed by atoms with Crippen molar-refractivity contribution in [2.45, 2.75) is 0 Å². The van der Waals surface area contributed by atoms with Gasteiger partial charge in [0.15, 0.2) is 11.5 Å². The van der Waals surface area contributed by atoms with Crippen molar-refractivity contribution >= 4 is 22.5 Å². The zero-order valence-corrected chi connectivity index (χ0v) is 9.61. The van der Waals surface area contributed by atoms with Crippen molar-refractivity contribution in [2.75, 3.05) is 5.73 Å². The standard InChI is InChI=1S/C12H8N4S/c13-6-9-10-4-3-8(14)7-16(10)12(15-9)11-2-1-5-17-11/h1-5,7H,14H2. The summed E-state index contributed by atoms with van der Waals surface area (Å²) in [4.78, 5) is 5.37. The monoisotopic (exact) mass is 240 g/mol. The fourth-order valence-corrected chi connectivity index (χ4v) is 2.47. The first-order chi connectivity index (χ1) is 8.29. The largest absolute Gasteiger partial charge is 0.398 e. The minimum absolute atomic E-state index is 0.424. The van der Waals surface area contributed by atoms with E-state index >= 15 is 0 Å². The maximum atomic E-state index is 9.06. The minimum atomic E-state index is 0.424. The Labute approximate surface area is 102 Å². The first-order valence-electron chi connectivity index (χ1n) is 5.01. The van der Waals surface area contributed by atoms with E-state index in [1.165, 1.54) is 0 Å². The van der Waals surface area contributed by atoms with E-state index in [-0.39, 0.29) is 0 Å². The van der Waals surface area contributed by atoms with Gasteiger partial charge < -0.3 is 5.73 Å². The Morgan fingerprint density at radius 1 is 1.35 bits per heavy atom. The van der Waals surface area contributed by atoms with Crippen molar-refractivity contribution < 1.29 is 0 Å². The quantitative estimate of drug-likeness (QED) is 0.710. The Kier molecular flexibility index (Phi) is 2.10. The molecule has 0 amide bonds. The number of aromatic nitrogens is 2. The number of pyridine rings is 1. The summed E-state index contributed by atoms with van der Waals surface area (Å²) in [7, 11) is 0. The van der Waals surface area contributed by atoms with Crippen molar-refractivity contribution in [2.24, 2.45) is 0 Å². The molecular formula is C12H8N4S. The Bertz CT molecular complexity index is 719. The topological polar surface area (TPSA) is 67.1 Å². The fourth-order valence-electron chi connectivity index (χ4n) is 1.76. The van der Waals surface area contributed by atoms with Gasteiger partial charge in [-0.25, -0.2) is 4.98 Å². The van der Waals surface area contributed by atoms with Crippen LogP contribution in [0.3, 0.4) is 0 Å². The van der Waals surface area contributed by atoms with Crippen LogP contribution in [0.15, 0.2) is 35.8 Å². The fraction of sp³-hybridized carbons (Fsp3) is 0. The van der Waals surface area contributed by atoms with Crippen LogP contribution in [0, 0.1) is 11.3 Å². The SMILES string of the molecule is N#Cc1nc(-c2cccs2)n2cc(N)ccc12. The predicted octanol–water partition coefficient (Wildman–Crippen LogP) is 2.52. The predicted molar refractivity (Wildman–Crippen MR) is 67.6 cm³/mol. The number of imidazole rings is 1. The van der Waals surface area contributed by atoms with Crippen molar-refractivity contribution in [3.8, 4) is 16.8 Å². The number of anilines is 1. The summed E-state index contributed by atoms with van der Waals surface area (Å²) in [6.45, 7) is 0. The molecule has 0 aliphatic rings. The Balaban J connectivity index is 2.39. The van der Waals surface area contributed by atoms with E-state index < -0.39 is 0 Å². The molecule has 0 unspecified atom stereocenters. The maximum absolute atomic E-state index is 9.06. The normalized spacial score (nSPS) is 10.5. The van der Waals surface area contributed by atoms with Crippen molar-refractivity contribution in [1.82, 2.24) is 9.38 Å². The van der Waals surface area contributed by atoms with Gasteiger partial charge in [0, 0.05) is 11.9 Å². The summed E-state index contributed by atoms with van der Waals surface area (Å²) in [5.74, 6) is 0.763. The molecule has 0 radical (unpaired) electrons. The van der Waals surface area contributed by atoms with Crippen LogP contribution in [0.1, 0.15) is 5.69 Å². The molecule has 3 aromatic rings. The Hall–Kier alpha value is -2.32. The molecular weight excluding hydrogens is 232 g/mol. The minimum Gasteiger partial charge on any atom is -0.398 e. The number of thiophene rings is 1. The summed E-state index contributed by atoms with van der Waals surface area (Å²) < 4.78 is 1.86. The second kappa shape index (κ2) is 3.61. The Morgan fingerprint density at radius 3 is 2.94 bits per heavy atom. The van der Waals surface area contributed by atoms with Crippen LogP contribution in [-0.4, -0.2) is 9.38 Å². The number of nitrogen functional groups attached to an aromatic ring is 1. The lowest BCUT2D eigenvalue weighted by molar-refractivity contribution is 1.17. The average Bonchev–Trinajstić information content (AvgIpc) is 2.94. The van der Waals surface area contributed by atoms with Gasteiger partial charge in [0.2, 0.25) is 0 Å². The molecule has 82 valence electrons. The van der Waals surface area contributed by atoms with Crippen LogP contribution in [0.2, 0.25) is 0 Å². The van der Waals surface area contributed by atoms with E-state index in [4.69, 9.17) is 11.0 Å². The second-order valence-corrected chi connectivity index (χ2v) is 4.54. The van der Waals surface area contributed by atoms with Crippen LogP contribution >= 0.6 is 11.3 Å². The molecule has 0 fully saturated rings. The van der Waals surface area contributed by atoms with Gasteiger partial charge in [0.05, 0.1) is 10.4 Å². The molecule has 0 saturated heterocycles. The lowest BCUT2D eigenvalue weighted by atomic mass is 10.3. The summed E-state index contributed by atoms with van der Waals surface area (Å²) in [6.07, 6.45) is 1.79. The molecule has 3 aromatic heterocycles. The number of fused-ring (bicyclic) bond motifs is 1. The van der Waals surface area contributed by atoms with E-state index in [0.29, 0.717) is 11.4 Å². The molecule has 0 bridgehead atoms. The number of rotatable bonds is 1. The van der Waals surface area contributed by atoms with Gasteiger partial charge in [-0.1, -0.05) is 6.07 Å². The van der Waals surface area contributed by atoms with Crippen LogP contribution in [0.25, 0.3) is 16.2 Å². The smallest absolute Gasteiger partial charge is 0.166 e. The molecule has 3 heterocycles. The number of nitrogens with two attached hydrogens (primary N) is 1. The van der Waals surface area contributed by atoms with E-state index in [1.54, 1.807) is 23.6 Å². The number of hydrogen-bond acceptors (Lipinski definition) is 4. The molecule has 0 saturated carbocycles. The summed E-state index contributed by atoms with van der Waals surface area (Å²) >= 11 is 1.59. The summed E-state index contributed by atoms with van der Waals surface area (Å²) in [5.41, 5.74) is 7.63.